The highest BCUT2D eigenvalue weighted by Crippen LogP contribution is 2.29. The molecule has 2 heterocycles. The van der Waals surface area contributed by atoms with Crippen molar-refractivity contribution >= 4 is 12.0 Å². The first-order chi connectivity index (χ1) is 8.84. The number of ether oxygens (including phenoxy) is 1. The Balaban J connectivity index is 2.01. The van der Waals surface area contributed by atoms with Gasteiger partial charge in [-0.05, 0) is 26.2 Å². The molecule has 2 saturated heterocycles. The van der Waals surface area contributed by atoms with Crippen molar-refractivity contribution in [2.45, 2.75) is 39.3 Å². The number of hydrogen-bond donors (Lipinski definition) is 2. The number of amides is 2. The lowest BCUT2D eigenvalue weighted by Gasteiger charge is -2.29. The van der Waals surface area contributed by atoms with Crippen molar-refractivity contribution in [2.24, 2.45) is 11.3 Å². The highest BCUT2D eigenvalue weighted by Gasteiger charge is 2.48. The second kappa shape index (κ2) is 5.00. The fourth-order valence-electron chi connectivity index (χ4n) is 2.90. The van der Waals surface area contributed by atoms with E-state index >= 15 is 0 Å². The minimum atomic E-state index is -1.04. The largest absolute Gasteiger partial charge is 0.481 e. The highest BCUT2D eigenvalue weighted by molar-refractivity contribution is 5.79. The molecule has 19 heavy (non-hydrogen) atoms. The van der Waals surface area contributed by atoms with Crippen molar-refractivity contribution in [3.05, 3.63) is 0 Å². The number of rotatable bonds is 2. The maximum Gasteiger partial charge on any atom is 0.317 e. The van der Waals surface area contributed by atoms with Crippen LogP contribution in [0.4, 0.5) is 4.79 Å². The smallest absolute Gasteiger partial charge is 0.317 e. The van der Waals surface area contributed by atoms with Gasteiger partial charge in [0.15, 0.2) is 0 Å². The quantitative estimate of drug-likeness (QED) is 0.782. The minimum Gasteiger partial charge on any atom is -0.481 e. The predicted octanol–water partition coefficient (Wildman–Crippen LogP) is 0.916. The van der Waals surface area contributed by atoms with E-state index in [1.165, 1.54) is 0 Å². The van der Waals surface area contributed by atoms with Crippen LogP contribution in [0, 0.1) is 11.3 Å². The summed E-state index contributed by atoms with van der Waals surface area (Å²) in [6.45, 7) is 6.87. The first kappa shape index (κ1) is 14.1. The molecule has 0 aromatic carbocycles. The van der Waals surface area contributed by atoms with E-state index in [1.807, 2.05) is 6.92 Å². The van der Waals surface area contributed by atoms with Crippen molar-refractivity contribution in [3.63, 3.8) is 0 Å². The Morgan fingerprint density at radius 3 is 2.63 bits per heavy atom. The van der Waals surface area contributed by atoms with Crippen molar-refractivity contribution in [3.8, 4) is 0 Å². The molecule has 6 heteroatoms. The fraction of sp³-hybridized carbons (Fsp3) is 0.846. The van der Waals surface area contributed by atoms with E-state index in [0.29, 0.717) is 5.92 Å². The van der Waals surface area contributed by atoms with Crippen LogP contribution in [0.25, 0.3) is 0 Å². The third-order valence-electron chi connectivity index (χ3n) is 4.29. The number of nitrogens with one attached hydrogen (secondary N) is 1. The number of urea groups is 1. The Hall–Kier alpha value is -1.30. The lowest BCUT2D eigenvalue weighted by Crippen LogP contribution is -2.54. The van der Waals surface area contributed by atoms with E-state index < -0.39 is 17.4 Å². The van der Waals surface area contributed by atoms with Gasteiger partial charge < -0.3 is 20.1 Å². The number of carboxylic acid groups (broad SMARTS) is 1. The molecule has 2 fully saturated rings. The zero-order valence-corrected chi connectivity index (χ0v) is 11.7. The minimum absolute atomic E-state index is 0.138. The molecule has 2 aliphatic rings. The lowest BCUT2D eigenvalue weighted by molar-refractivity contribution is -0.148. The number of nitrogens with zero attached hydrogens (tertiary/aromatic N) is 1. The van der Waals surface area contributed by atoms with Gasteiger partial charge in [0.25, 0.3) is 0 Å². The summed E-state index contributed by atoms with van der Waals surface area (Å²) in [4.78, 5) is 25.3. The van der Waals surface area contributed by atoms with E-state index in [4.69, 9.17) is 4.74 Å². The Morgan fingerprint density at radius 1 is 1.42 bits per heavy atom. The molecule has 108 valence electrons. The number of aliphatic carboxylic acids is 1. The summed E-state index contributed by atoms with van der Waals surface area (Å²) >= 11 is 0. The third-order valence-corrected chi connectivity index (χ3v) is 4.29. The first-order valence-electron chi connectivity index (χ1n) is 6.73. The van der Waals surface area contributed by atoms with Crippen LogP contribution in [-0.2, 0) is 9.53 Å². The molecule has 0 aromatic rings. The molecule has 0 radical (unpaired) electrons. The molecule has 4 atom stereocenters. The van der Waals surface area contributed by atoms with Gasteiger partial charge in [0.2, 0.25) is 0 Å². The second-order valence-electron chi connectivity index (χ2n) is 6.08. The van der Waals surface area contributed by atoms with E-state index in [9.17, 15) is 14.7 Å². The summed E-state index contributed by atoms with van der Waals surface area (Å²) in [7, 11) is 0. The number of carbonyl (C=O) groups excluding carboxylic acids is 1. The zero-order chi connectivity index (χ0) is 14.2. The van der Waals surface area contributed by atoms with E-state index in [0.717, 1.165) is 13.0 Å². The van der Waals surface area contributed by atoms with Gasteiger partial charge in [-0.3, -0.25) is 4.79 Å². The van der Waals surface area contributed by atoms with Crippen LogP contribution in [0.2, 0.25) is 0 Å². The maximum absolute atomic E-state index is 12.2. The summed E-state index contributed by atoms with van der Waals surface area (Å²) in [6, 6.07) is -0.450. The molecule has 0 spiro atoms. The lowest BCUT2D eigenvalue weighted by atomic mass is 9.85. The van der Waals surface area contributed by atoms with Gasteiger partial charge in [0.05, 0.1) is 19.3 Å². The molecule has 0 saturated carbocycles. The standard InChI is InChI=1S/C13H22N2O4/c1-8-4-9(2)15(5-8)12(18)14-10-6-19-7-13(10,3)11(16)17/h8-10H,4-7H2,1-3H3,(H,14,18)(H,16,17). The van der Waals surface area contributed by atoms with Crippen molar-refractivity contribution in [2.75, 3.05) is 19.8 Å². The Kier molecular flexibility index (Phi) is 3.71. The average molecular weight is 270 g/mol. The molecule has 4 unspecified atom stereocenters. The molecule has 2 rings (SSSR count). The van der Waals surface area contributed by atoms with Gasteiger partial charge in [-0.2, -0.15) is 0 Å². The van der Waals surface area contributed by atoms with E-state index in [2.05, 4.69) is 12.2 Å². The van der Waals surface area contributed by atoms with E-state index in [-0.39, 0.29) is 25.3 Å². The Bertz CT molecular complexity index is 387. The molecule has 6 nitrogen and oxygen atoms in total. The molecule has 0 bridgehead atoms. The summed E-state index contributed by atoms with van der Waals surface area (Å²) in [5.41, 5.74) is -1.04. The molecular weight excluding hydrogens is 248 g/mol. The third kappa shape index (κ3) is 2.54. The van der Waals surface area contributed by atoms with Crippen molar-refractivity contribution < 1.29 is 19.4 Å². The van der Waals surface area contributed by atoms with Crippen LogP contribution in [0.5, 0.6) is 0 Å². The molecule has 0 aliphatic carbocycles. The van der Waals surface area contributed by atoms with E-state index in [1.54, 1.807) is 11.8 Å². The highest BCUT2D eigenvalue weighted by atomic mass is 16.5. The molecular formula is C13H22N2O4. The summed E-state index contributed by atoms with van der Waals surface area (Å²) in [6.07, 6.45) is 0.991. The summed E-state index contributed by atoms with van der Waals surface area (Å²) in [5.74, 6) is -0.440. The summed E-state index contributed by atoms with van der Waals surface area (Å²) in [5, 5.41) is 12.1. The summed E-state index contributed by atoms with van der Waals surface area (Å²) < 4.78 is 5.23. The number of hydrogen-bond acceptors (Lipinski definition) is 3. The van der Waals surface area contributed by atoms with Crippen LogP contribution in [-0.4, -0.2) is 53.8 Å². The van der Waals surface area contributed by atoms with Gasteiger partial charge in [0.1, 0.15) is 5.41 Å². The topological polar surface area (TPSA) is 78.9 Å². The first-order valence-corrected chi connectivity index (χ1v) is 6.73. The van der Waals surface area contributed by atoms with Crippen molar-refractivity contribution in [1.82, 2.24) is 10.2 Å². The normalized spacial score (nSPS) is 38.5. The van der Waals surface area contributed by atoms with Crippen LogP contribution in [0.15, 0.2) is 0 Å². The Morgan fingerprint density at radius 2 is 2.11 bits per heavy atom. The average Bonchev–Trinajstić information content (AvgIpc) is 2.84. The van der Waals surface area contributed by atoms with Gasteiger partial charge in [-0.15, -0.1) is 0 Å². The van der Waals surface area contributed by atoms with Gasteiger partial charge in [-0.25, -0.2) is 4.79 Å². The number of carboxylic acids is 1. The monoisotopic (exact) mass is 270 g/mol. The van der Waals surface area contributed by atoms with Crippen LogP contribution in [0.1, 0.15) is 27.2 Å². The van der Waals surface area contributed by atoms with Crippen LogP contribution >= 0.6 is 0 Å². The maximum atomic E-state index is 12.2. The molecule has 2 aliphatic heterocycles. The molecule has 2 amide bonds. The van der Waals surface area contributed by atoms with Crippen LogP contribution in [0.3, 0.4) is 0 Å². The van der Waals surface area contributed by atoms with Gasteiger partial charge in [0, 0.05) is 12.6 Å². The van der Waals surface area contributed by atoms with Crippen molar-refractivity contribution in [1.29, 1.82) is 0 Å². The van der Waals surface area contributed by atoms with Crippen LogP contribution < -0.4 is 5.32 Å². The second-order valence-corrected chi connectivity index (χ2v) is 6.08. The SMILES string of the molecule is CC1CC(C)N(C(=O)NC2COCC2(C)C(=O)O)C1. The zero-order valence-electron chi connectivity index (χ0n) is 11.7. The fourth-order valence-corrected chi connectivity index (χ4v) is 2.90. The predicted molar refractivity (Wildman–Crippen MR) is 68.8 cm³/mol. The molecule has 2 N–H and O–H groups in total. The van der Waals surface area contributed by atoms with Gasteiger partial charge >= 0.3 is 12.0 Å². The number of carbonyl (C=O) groups is 2. The Labute approximate surface area is 113 Å². The van der Waals surface area contributed by atoms with Gasteiger partial charge in [-0.1, -0.05) is 6.92 Å². The number of likely N-dealkylation sites (tertiary alicyclic amines) is 1. The molecule has 0 aromatic heterocycles.